The molecule has 0 radical (unpaired) electrons. The maximum atomic E-state index is 12.3. The summed E-state index contributed by atoms with van der Waals surface area (Å²) in [6, 6.07) is 17.6. The Kier molecular flexibility index (Phi) is 8.98. The van der Waals surface area contributed by atoms with E-state index in [-0.39, 0.29) is 12.5 Å². The number of carbonyl (C=O) groups excluding carboxylic acids is 1. The molecule has 0 aliphatic carbocycles. The van der Waals surface area contributed by atoms with Crippen molar-refractivity contribution in [2.24, 2.45) is 5.10 Å². The Bertz CT molecular complexity index is 1120. The number of hydrogen-bond acceptors (Lipinski definition) is 5. The highest BCUT2D eigenvalue weighted by molar-refractivity contribution is 6.32. The minimum atomic E-state index is -0.342. The van der Waals surface area contributed by atoms with Gasteiger partial charge in [0.15, 0.2) is 11.5 Å². The number of benzene rings is 3. The number of carbonyl (C=O) groups is 1. The molecule has 1 amide bonds. The van der Waals surface area contributed by atoms with Crippen LogP contribution in [0.1, 0.15) is 34.8 Å². The van der Waals surface area contributed by atoms with Gasteiger partial charge >= 0.3 is 0 Å². The fourth-order valence-electron chi connectivity index (χ4n) is 2.87. The van der Waals surface area contributed by atoms with Crippen LogP contribution in [0.25, 0.3) is 0 Å². The SMILES string of the molecule is CCCOc1ccc(C(=O)N/N=C\c2cc(Cl)c(OCc3ccccc3Cl)c(OC)c2)cc1. The average Bonchev–Trinajstić information content (AvgIpc) is 2.83. The van der Waals surface area contributed by atoms with Crippen LogP contribution in [-0.4, -0.2) is 25.8 Å². The normalized spacial score (nSPS) is 10.8. The molecule has 1 N–H and O–H groups in total. The van der Waals surface area contributed by atoms with E-state index in [1.54, 1.807) is 42.5 Å². The molecule has 8 heteroatoms. The predicted octanol–water partition coefficient (Wildman–Crippen LogP) is 6.13. The number of nitrogens with zero attached hydrogens (tertiary/aromatic N) is 1. The second-order valence-electron chi connectivity index (χ2n) is 6.99. The van der Waals surface area contributed by atoms with E-state index in [0.29, 0.717) is 39.3 Å². The largest absolute Gasteiger partial charge is 0.494 e. The molecule has 0 heterocycles. The Morgan fingerprint density at radius 2 is 1.79 bits per heavy atom. The fraction of sp³-hybridized carbons (Fsp3) is 0.200. The molecule has 0 aromatic heterocycles. The van der Waals surface area contributed by atoms with Gasteiger partial charge in [0.05, 0.1) is 25.0 Å². The third kappa shape index (κ3) is 6.88. The number of hydrazone groups is 1. The van der Waals surface area contributed by atoms with Crippen LogP contribution in [0.5, 0.6) is 17.2 Å². The van der Waals surface area contributed by atoms with Crippen molar-refractivity contribution in [3.8, 4) is 17.2 Å². The molecule has 0 spiro atoms. The van der Waals surface area contributed by atoms with Gasteiger partial charge in [-0.25, -0.2) is 5.43 Å². The molecule has 6 nitrogen and oxygen atoms in total. The van der Waals surface area contributed by atoms with Crippen LogP contribution in [0, 0.1) is 0 Å². The van der Waals surface area contributed by atoms with E-state index in [4.69, 9.17) is 37.4 Å². The fourth-order valence-corrected chi connectivity index (χ4v) is 3.34. The summed E-state index contributed by atoms with van der Waals surface area (Å²) in [7, 11) is 1.52. The highest BCUT2D eigenvalue weighted by atomic mass is 35.5. The maximum absolute atomic E-state index is 12.3. The van der Waals surface area contributed by atoms with Gasteiger partial charge in [0.2, 0.25) is 0 Å². The summed E-state index contributed by atoms with van der Waals surface area (Å²) in [4.78, 5) is 12.3. The van der Waals surface area contributed by atoms with E-state index in [9.17, 15) is 4.79 Å². The van der Waals surface area contributed by atoms with E-state index < -0.39 is 0 Å². The zero-order valence-electron chi connectivity index (χ0n) is 18.3. The Balaban J connectivity index is 1.64. The van der Waals surface area contributed by atoms with Crippen molar-refractivity contribution >= 4 is 35.3 Å². The van der Waals surface area contributed by atoms with Crippen molar-refractivity contribution in [3.63, 3.8) is 0 Å². The molecule has 3 aromatic carbocycles. The quantitative estimate of drug-likeness (QED) is 0.276. The van der Waals surface area contributed by atoms with Gasteiger partial charge in [0.1, 0.15) is 12.4 Å². The first kappa shape index (κ1) is 24.4. The molecule has 172 valence electrons. The molecule has 0 bridgehead atoms. The van der Waals surface area contributed by atoms with Crippen LogP contribution in [0.3, 0.4) is 0 Å². The lowest BCUT2D eigenvalue weighted by Crippen LogP contribution is -2.17. The summed E-state index contributed by atoms with van der Waals surface area (Å²) in [5.74, 6) is 1.21. The van der Waals surface area contributed by atoms with Crippen molar-refractivity contribution in [2.45, 2.75) is 20.0 Å². The van der Waals surface area contributed by atoms with Gasteiger partial charge in [0, 0.05) is 16.1 Å². The first-order chi connectivity index (χ1) is 16.0. The first-order valence-electron chi connectivity index (χ1n) is 10.3. The maximum Gasteiger partial charge on any atom is 0.271 e. The molecule has 3 rings (SSSR count). The molecule has 33 heavy (non-hydrogen) atoms. The molecule has 0 aliphatic heterocycles. The van der Waals surface area contributed by atoms with E-state index in [2.05, 4.69) is 10.5 Å². The molecule has 0 saturated heterocycles. The zero-order valence-corrected chi connectivity index (χ0v) is 19.8. The number of rotatable bonds is 10. The summed E-state index contributed by atoms with van der Waals surface area (Å²) in [5, 5.41) is 4.96. The van der Waals surface area contributed by atoms with E-state index >= 15 is 0 Å². The van der Waals surface area contributed by atoms with Crippen LogP contribution < -0.4 is 19.6 Å². The van der Waals surface area contributed by atoms with Crippen LogP contribution in [0.4, 0.5) is 0 Å². The molecule has 0 saturated carbocycles. The van der Waals surface area contributed by atoms with Gasteiger partial charge in [-0.2, -0.15) is 5.10 Å². The topological polar surface area (TPSA) is 69.2 Å². The van der Waals surface area contributed by atoms with Crippen LogP contribution >= 0.6 is 23.2 Å². The third-order valence-electron chi connectivity index (χ3n) is 4.55. The number of ether oxygens (including phenoxy) is 3. The van der Waals surface area contributed by atoms with E-state index in [1.165, 1.54) is 13.3 Å². The van der Waals surface area contributed by atoms with Gasteiger partial charge in [-0.05, 0) is 54.4 Å². The first-order valence-corrected chi connectivity index (χ1v) is 11.1. The van der Waals surface area contributed by atoms with Gasteiger partial charge in [-0.3, -0.25) is 4.79 Å². The Morgan fingerprint density at radius 3 is 2.48 bits per heavy atom. The van der Waals surface area contributed by atoms with Gasteiger partial charge < -0.3 is 14.2 Å². The molecular weight excluding hydrogens is 463 g/mol. The van der Waals surface area contributed by atoms with Gasteiger partial charge in [-0.1, -0.05) is 48.3 Å². The highest BCUT2D eigenvalue weighted by Crippen LogP contribution is 2.37. The van der Waals surface area contributed by atoms with Crippen molar-refractivity contribution < 1.29 is 19.0 Å². The van der Waals surface area contributed by atoms with Crippen LogP contribution in [0.15, 0.2) is 65.8 Å². The summed E-state index contributed by atoms with van der Waals surface area (Å²) < 4.78 is 16.8. The molecule has 0 fully saturated rings. The van der Waals surface area contributed by atoms with Crippen molar-refractivity contribution in [3.05, 3.63) is 87.4 Å². The predicted molar refractivity (Wildman–Crippen MR) is 131 cm³/mol. The third-order valence-corrected chi connectivity index (χ3v) is 5.20. The Morgan fingerprint density at radius 1 is 1.03 bits per heavy atom. The molecule has 0 unspecified atom stereocenters. The van der Waals surface area contributed by atoms with Crippen molar-refractivity contribution in [1.29, 1.82) is 0 Å². The Labute approximate surface area is 203 Å². The molecular formula is C25H24Cl2N2O4. The number of amides is 1. The monoisotopic (exact) mass is 486 g/mol. The second kappa shape index (κ2) is 12.1. The number of nitrogens with one attached hydrogen (secondary N) is 1. The highest BCUT2D eigenvalue weighted by Gasteiger charge is 2.13. The standard InChI is InChI=1S/C25H24Cl2N2O4/c1-3-12-32-20-10-8-18(9-11-20)25(30)29-28-15-17-13-22(27)24(23(14-17)31-2)33-16-19-6-4-5-7-21(19)26/h4-11,13-15H,3,12,16H2,1-2H3,(H,29,30)/b28-15-. The summed E-state index contributed by atoms with van der Waals surface area (Å²) in [6.45, 7) is 2.90. The number of hydrogen-bond donors (Lipinski definition) is 1. The van der Waals surface area contributed by atoms with Crippen LogP contribution in [-0.2, 0) is 6.61 Å². The van der Waals surface area contributed by atoms with E-state index in [1.807, 2.05) is 25.1 Å². The van der Waals surface area contributed by atoms with Crippen molar-refractivity contribution in [1.82, 2.24) is 5.43 Å². The lowest BCUT2D eigenvalue weighted by atomic mass is 10.2. The average molecular weight is 487 g/mol. The molecule has 0 aliphatic rings. The summed E-state index contributed by atoms with van der Waals surface area (Å²) in [5.41, 5.74) is 4.42. The van der Waals surface area contributed by atoms with Gasteiger partial charge in [0.25, 0.3) is 5.91 Å². The molecule has 0 atom stereocenters. The number of methoxy groups -OCH3 is 1. The lowest BCUT2D eigenvalue weighted by molar-refractivity contribution is 0.0955. The van der Waals surface area contributed by atoms with E-state index in [0.717, 1.165) is 17.7 Å². The van der Waals surface area contributed by atoms with Crippen molar-refractivity contribution in [2.75, 3.05) is 13.7 Å². The summed E-state index contributed by atoms with van der Waals surface area (Å²) >= 11 is 12.6. The van der Waals surface area contributed by atoms with Gasteiger partial charge in [-0.15, -0.1) is 0 Å². The number of halogens is 2. The lowest BCUT2D eigenvalue weighted by Gasteiger charge is -2.14. The smallest absolute Gasteiger partial charge is 0.271 e. The molecule has 3 aromatic rings. The Hall–Kier alpha value is -3.22. The van der Waals surface area contributed by atoms with Crippen LogP contribution in [0.2, 0.25) is 10.0 Å². The minimum absolute atomic E-state index is 0.238. The second-order valence-corrected chi connectivity index (χ2v) is 7.80. The zero-order chi connectivity index (χ0) is 23.6. The summed E-state index contributed by atoms with van der Waals surface area (Å²) in [6.07, 6.45) is 2.39. The minimum Gasteiger partial charge on any atom is -0.494 e.